The van der Waals surface area contributed by atoms with Crippen LogP contribution < -0.4 is 10.6 Å². The van der Waals surface area contributed by atoms with Gasteiger partial charge in [-0.3, -0.25) is 0 Å². The van der Waals surface area contributed by atoms with Crippen LogP contribution in [0.15, 0.2) is 30.9 Å². The van der Waals surface area contributed by atoms with E-state index in [1.54, 1.807) is 6.07 Å². The van der Waals surface area contributed by atoms with Crippen molar-refractivity contribution in [2.24, 2.45) is 5.73 Å². The van der Waals surface area contributed by atoms with E-state index in [-0.39, 0.29) is 17.4 Å². The summed E-state index contributed by atoms with van der Waals surface area (Å²) in [4.78, 5) is 2.18. The first-order valence-corrected chi connectivity index (χ1v) is 6.21. The lowest BCUT2D eigenvalue weighted by atomic mass is 9.99. The molecule has 0 aliphatic rings. The summed E-state index contributed by atoms with van der Waals surface area (Å²) >= 11 is 0. The average Bonchev–Trinajstić information content (AvgIpc) is 2.24. The fourth-order valence-corrected chi connectivity index (χ4v) is 2.00. The van der Waals surface area contributed by atoms with Gasteiger partial charge >= 0.3 is 0 Å². The summed E-state index contributed by atoms with van der Waals surface area (Å²) in [6, 6.07) is 4.58. The molecule has 18 heavy (non-hydrogen) atoms. The first-order chi connectivity index (χ1) is 8.27. The van der Waals surface area contributed by atoms with E-state index in [2.05, 4.69) is 32.3 Å². The molecule has 0 radical (unpaired) electrons. The monoisotopic (exact) mass is 250 g/mol. The molecule has 2 N–H and O–H groups in total. The summed E-state index contributed by atoms with van der Waals surface area (Å²) in [6.07, 6.45) is 1.85. The third-order valence-electron chi connectivity index (χ3n) is 2.89. The quantitative estimate of drug-likeness (QED) is 0.827. The van der Waals surface area contributed by atoms with E-state index in [9.17, 15) is 4.39 Å². The van der Waals surface area contributed by atoms with Crippen molar-refractivity contribution in [2.45, 2.75) is 39.3 Å². The molecule has 0 saturated heterocycles. The van der Waals surface area contributed by atoms with Crippen LogP contribution in [0.4, 0.5) is 10.1 Å². The fourth-order valence-electron chi connectivity index (χ4n) is 2.00. The summed E-state index contributed by atoms with van der Waals surface area (Å²) in [6.45, 7) is 12.7. The van der Waals surface area contributed by atoms with Crippen molar-refractivity contribution in [3.05, 3.63) is 42.2 Å². The van der Waals surface area contributed by atoms with E-state index < -0.39 is 0 Å². The zero-order valence-corrected chi connectivity index (χ0v) is 11.7. The number of anilines is 1. The number of hydrogen-bond acceptors (Lipinski definition) is 2. The molecule has 3 heteroatoms. The van der Waals surface area contributed by atoms with Gasteiger partial charge in [-0.25, -0.2) is 4.39 Å². The van der Waals surface area contributed by atoms with E-state index in [1.807, 2.05) is 13.0 Å². The Morgan fingerprint density at radius 2 is 2.06 bits per heavy atom. The first-order valence-electron chi connectivity index (χ1n) is 6.21. The van der Waals surface area contributed by atoms with Crippen molar-refractivity contribution in [2.75, 3.05) is 11.4 Å². The van der Waals surface area contributed by atoms with Gasteiger partial charge < -0.3 is 10.6 Å². The Labute approximate surface area is 109 Å². The topological polar surface area (TPSA) is 29.3 Å². The van der Waals surface area contributed by atoms with Crippen LogP contribution >= 0.6 is 0 Å². The van der Waals surface area contributed by atoms with Crippen molar-refractivity contribution in [1.82, 2.24) is 0 Å². The number of nitrogens with two attached hydrogens (primary N) is 1. The molecule has 0 spiro atoms. The molecule has 1 aromatic rings. The van der Waals surface area contributed by atoms with Crippen LogP contribution in [0.25, 0.3) is 0 Å². The molecule has 0 bridgehead atoms. The van der Waals surface area contributed by atoms with Gasteiger partial charge in [-0.1, -0.05) is 6.08 Å². The molecule has 1 unspecified atom stereocenters. The maximum absolute atomic E-state index is 13.4. The molecular weight excluding hydrogens is 227 g/mol. The Morgan fingerprint density at radius 1 is 1.44 bits per heavy atom. The number of benzene rings is 1. The van der Waals surface area contributed by atoms with Gasteiger partial charge in [0.15, 0.2) is 0 Å². The SMILES string of the molecule is C=CCN(c1ccc(F)cc1C(C)N)C(C)(C)C. The van der Waals surface area contributed by atoms with Gasteiger partial charge in [0.25, 0.3) is 0 Å². The van der Waals surface area contributed by atoms with Gasteiger partial charge in [0.1, 0.15) is 5.82 Å². The van der Waals surface area contributed by atoms with E-state index in [4.69, 9.17) is 5.73 Å². The molecule has 0 amide bonds. The maximum Gasteiger partial charge on any atom is 0.123 e. The lowest BCUT2D eigenvalue weighted by molar-refractivity contribution is 0.518. The zero-order valence-electron chi connectivity index (χ0n) is 11.7. The molecule has 0 aliphatic heterocycles. The first kappa shape index (κ1) is 14.7. The number of rotatable bonds is 4. The largest absolute Gasteiger partial charge is 0.363 e. The molecule has 0 saturated carbocycles. The summed E-state index contributed by atoms with van der Waals surface area (Å²) in [7, 11) is 0. The highest BCUT2D eigenvalue weighted by Crippen LogP contribution is 2.31. The smallest absolute Gasteiger partial charge is 0.123 e. The average molecular weight is 250 g/mol. The van der Waals surface area contributed by atoms with Crippen LogP contribution in [0.2, 0.25) is 0 Å². The Balaban J connectivity index is 3.31. The minimum Gasteiger partial charge on any atom is -0.363 e. The van der Waals surface area contributed by atoms with Gasteiger partial charge in [0, 0.05) is 23.8 Å². The molecule has 1 rings (SSSR count). The van der Waals surface area contributed by atoms with Crippen molar-refractivity contribution in [1.29, 1.82) is 0 Å². The molecule has 2 nitrogen and oxygen atoms in total. The maximum atomic E-state index is 13.4. The second kappa shape index (κ2) is 5.53. The summed E-state index contributed by atoms with van der Waals surface area (Å²) in [5, 5.41) is 0. The third kappa shape index (κ3) is 3.33. The molecule has 1 aromatic carbocycles. The molecule has 0 heterocycles. The van der Waals surface area contributed by atoms with Crippen LogP contribution in [0.1, 0.15) is 39.3 Å². The Kier molecular flexibility index (Phi) is 4.52. The zero-order chi connectivity index (χ0) is 13.9. The van der Waals surface area contributed by atoms with Crippen molar-refractivity contribution in [3.8, 4) is 0 Å². The number of halogens is 1. The molecule has 0 fully saturated rings. The second-order valence-corrected chi connectivity index (χ2v) is 5.56. The highest BCUT2D eigenvalue weighted by Gasteiger charge is 2.23. The second-order valence-electron chi connectivity index (χ2n) is 5.56. The van der Waals surface area contributed by atoms with Gasteiger partial charge in [-0.15, -0.1) is 6.58 Å². The Hall–Kier alpha value is -1.35. The lowest BCUT2D eigenvalue weighted by Crippen LogP contribution is -2.42. The third-order valence-corrected chi connectivity index (χ3v) is 2.89. The van der Waals surface area contributed by atoms with Crippen LogP contribution in [-0.2, 0) is 0 Å². The van der Waals surface area contributed by atoms with Gasteiger partial charge in [0.05, 0.1) is 0 Å². The molecular formula is C15H23FN2. The molecule has 1 atom stereocenters. The summed E-state index contributed by atoms with van der Waals surface area (Å²) < 4.78 is 13.4. The normalized spacial score (nSPS) is 13.2. The summed E-state index contributed by atoms with van der Waals surface area (Å²) in [5.74, 6) is -0.251. The van der Waals surface area contributed by atoms with Gasteiger partial charge in [-0.05, 0) is 51.5 Å². The van der Waals surface area contributed by atoms with Crippen LogP contribution in [0.3, 0.4) is 0 Å². The van der Waals surface area contributed by atoms with Crippen LogP contribution in [0, 0.1) is 5.82 Å². The Bertz CT molecular complexity index is 419. The van der Waals surface area contributed by atoms with Gasteiger partial charge in [-0.2, -0.15) is 0 Å². The standard InChI is InChI=1S/C15H23FN2/c1-6-9-18(15(3,4)5)14-8-7-12(16)10-13(14)11(2)17/h6-8,10-11H,1,9,17H2,2-5H3. The summed E-state index contributed by atoms with van der Waals surface area (Å²) in [5.41, 5.74) is 7.66. The van der Waals surface area contributed by atoms with Gasteiger partial charge in [0.2, 0.25) is 0 Å². The number of nitrogens with zero attached hydrogens (tertiary/aromatic N) is 1. The van der Waals surface area contributed by atoms with Crippen molar-refractivity contribution < 1.29 is 4.39 Å². The number of hydrogen-bond donors (Lipinski definition) is 1. The highest BCUT2D eigenvalue weighted by atomic mass is 19.1. The minimum atomic E-state index is -0.251. The fraction of sp³-hybridized carbons (Fsp3) is 0.467. The molecule has 0 aliphatic carbocycles. The predicted octanol–water partition coefficient (Wildman–Crippen LogP) is 3.64. The van der Waals surface area contributed by atoms with Crippen LogP contribution in [-0.4, -0.2) is 12.1 Å². The van der Waals surface area contributed by atoms with Crippen molar-refractivity contribution in [3.63, 3.8) is 0 Å². The van der Waals surface area contributed by atoms with E-state index in [0.717, 1.165) is 11.3 Å². The van der Waals surface area contributed by atoms with Crippen molar-refractivity contribution >= 4 is 5.69 Å². The highest BCUT2D eigenvalue weighted by molar-refractivity contribution is 5.57. The van der Waals surface area contributed by atoms with E-state index in [0.29, 0.717) is 6.54 Å². The Morgan fingerprint density at radius 3 is 2.50 bits per heavy atom. The lowest BCUT2D eigenvalue weighted by Gasteiger charge is -2.38. The minimum absolute atomic E-state index is 0.0738. The molecule has 100 valence electrons. The van der Waals surface area contributed by atoms with E-state index in [1.165, 1.54) is 12.1 Å². The predicted molar refractivity (Wildman–Crippen MR) is 76.3 cm³/mol. The van der Waals surface area contributed by atoms with E-state index >= 15 is 0 Å². The molecule has 0 aromatic heterocycles. The van der Waals surface area contributed by atoms with Crippen LogP contribution in [0.5, 0.6) is 0 Å².